The van der Waals surface area contributed by atoms with E-state index in [9.17, 15) is 4.79 Å². The van der Waals surface area contributed by atoms with Crippen molar-refractivity contribution in [1.29, 1.82) is 0 Å². The van der Waals surface area contributed by atoms with E-state index in [1.165, 1.54) is 0 Å². The number of hydrazine groups is 1. The molecule has 0 spiro atoms. The SMILES string of the molecule is CC1(C)N=C(C(=O)Nc2ccccc2Cl)NN1c1cccc(Cl)c1. The molecule has 2 N–H and O–H groups in total. The first kappa shape index (κ1) is 16.6. The van der Waals surface area contributed by atoms with Crippen LogP contribution in [-0.4, -0.2) is 17.4 Å². The molecule has 1 aliphatic rings. The highest BCUT2D eigenvalue weighted by Gasteiger charge is 2.36. The number of halogens is 2. The van der Waals surface area contributed by atoms with Gasteiger partial charge in [-0.3, -0.25) is 15.2 Å². The average molecular weight is 363 g/mol. The predicted molar refractivity (Wildman–Crippen MR) is 98.7 cm³/mol. The predicted octanol–water partition coefficient (Wildman–Crippen LogP) is 4.09. The van der Waals surface area contributed by atoms with E-state index < -0.39 is 5.66 Å². The number of amidine groups is 1. The van der Waals surface area contributed by atoms with Crippen molar-refractivity contribution in [2.45, 2.75) is 19.5 Å². The molecule has 0 aliphatic carbocycles. The number of hydrogen-bond acceptors (Lipinski definition) is 4. The van der Waals surface area contributed by atoms with E-state index >= 15 is 0 Å². The standard InChI is InChI=1S/C17H16Cl2N4O/c1-17(2)21-15(16(24)20-14-9-4-3-8-13(14)19)22-23(17)12-7-5-6-11(18)10-12/h3-10H,1-2H3,(H,20,24)(H,21,22). The van der Waals surface area contributed by atoms with E-state index in [2.05, 4.69) is 15.7 Å². The lowest BCUT2D eigenvalue weighted by Crippen LogP contribution is -2.48. The Hall–Kier alpha value is -2.24. The maximum absolute atomic E-state index is 12.5. The molecule has 0 saturated heterocycles. The van der Waals surface area contributed by atoms with Crippen molar-refractivity contribution in [3.8, 4) is 0 Å². The van der Waals surface area contributed by atoms with Gasteiger partial charge in [-0.05, 0) is 44.2 Å². The van der Waals surface area contributed by atoms with Gasteiger partial charge in [-0.15, -0.1) is 0 Å². The molecule has 0 aromatic heterocycles. The van der Waals surface area contributed by atoms with Crippen LogP contribution in [0.2, 0.25) is 10.0 Å². The summed E-state index contributed by atoms with van der Waals surface area (Å²) in [4.78, 5) is 16.9. The molecular weight excluding hydrogens is 347 g/mol. The minimum absolute atomic E-state index is 0.208. The van der Waals surface area contributed by atoms with Gasteiger partial charge in [0.25, 0.3) is 5.91 Å². The first-order valence-corrected chi connectivity index (χ1v) is 8.10. The molecule has 1 amide bonds. The van der Waals surface area contributed by atoms with Crippen molar-refractivity contribution in [3.63, 3.8) is 0 Å². The highest BCUT2D eigenvalue weighted by Crippen LogP contribution is 2.29. The molecule has 0 saturated carbocycles. The Morgan fingerprint density at radius 2 is 1.92 bits per heavy atom. The average Bonchev–Trinajstić information content (AvgIpc) is 2.85. The highest BCUT2D eigenvalue weighted by molar-refractivity contribution is 6.44. The monoisotopic (exact) mass is 362 g/mol. The summed E-state index contributed by atoms with van der Waals surface area (Å²) in [6.45, 7) is 3.80. The van der Waals surface area contributed by atoms with Crippen LogP contribution in [0.5, 0.6) is 0 Å². The van der Waals surface area contributed by atoms with Crippen molar-refractivity contribution in [2.75, 3.05) is 10.3 Å². The Balaban J connectivity index is 1.81. The Morgan fingerprint density at radius 3 is 2.62 bits per heavy atom. The third kappa shape index (κ3) is 3.32. The summed E-state index contributed by atoms with van der Waals surface area (Å²) in [5.74, 6) is -0.152. The van der Waals surface area contributed by atoms with Gasteiger partial charge in [-0.1, -0.05) is 41.4 Å². The lowest BCUT2D eigenvalue weighted by atomic mass is 10.2. The van der Waals surface area contributed by atoms with Gasteiger partial charge < -0.3 is 5.32 Å². The zero-order chi connectivity index (χ0) is 17.3. The summed E-state index contributed by atoms with van der Waals surface area (Å²) < 4.78 is 0. The lowest BCUT2D eigenvalue weighted by molar-refractivity contribution is -0.110. The molecule has 2 aromatic carbocycles. The van der Waals surface area contributed by atoms with Gasteiger partial charge in [0.05, 0.1) is 16.4 Å². The maximum Gasteiger partial charge on any atom is 0.292 e. The van der Waals surface area contributed by atoms with Crippen LogP contribution in [-0.2, 0) is 4.79 Å². The van der Waals surface area contributed by atoms with Gasteiger partial charge in [0.1, 0.15) is 5.66 Å². The second-order valence-electron chi connectivity index (χ2n) is 5.82. The van der Waals surface area contributed by atoms with Gasteiger partial charge in [0.15, 0.2) is 0 Å². The number of para-hydroxylation sites is 1. The van der Waals surface area contributed by atoms with Crippen LogP contribution in [0.4, 0.5) is 11.4 Å². The molecule has 3 rings (SSSR count). The number of rotatable bonds is 3. The van der Waals surface area contributed by atoms with E-state index in [0.717, 1.165) is 5.69 Å². The third-order valence-electron chi connectivity index (χ3n) is 3.55. The number of benzene rings is 2. The van der Waals surface area contributed by atoms with Gasteiger partial charge >= 0.3 is 0 Å². The van der Waals surface area contributed by atoms with Crippen molar-refractivity contribution >= 4 is 46.3 Å². The highest BCUT2D eigenvalue weighted by atomic mass is 35.5. The number of nitrogens with zero attached hydrogens (tertiary/aromatic N) is 2. The van der Waals surface area contributed by atoms with Gasteiger partial charge in [-0.25, -0.2) is 4.99 Å². The Morgan fingerprint density at radius 1 is 1.17 bits per heavy atom. The maximum atomic E-state index is 12.5. The first-order valence-electron chi connectivity index (χ1n) is 7.35. The number of carbonyl (C=O) groups is 1. The molecule has 7 heteroatoms. The molecule has 1 aliphatic heterocycles. The summed E-state index contributed by atoms with van der Waals surface area (Å²) in [6, 6.07) is 14.4. The van der Waals surface area contributed by atoms with Crippen molar-refractivity contribution in [2.24, 2.45) is 4.99 Å². The minimum atomic E-state index is -0.641. The van der Waals surface area contributed by atoms with E-state index in [4.69, 9.17) is 23.2 Å². The Bertz CT molecular complexity index is 820. The topological polar surface area (TPSA) is 56.7 Å². The normalized spacial score (nSPS) is 15.7. The molecule has 0 unspecified atom stereocenters. The van der Waals surface area contributed by atoms with Crippen LogP contribution in [0.1, 0.15) is 13.8 Å². The van der Waals surface area contributed by atoms with E-state index in [1.54, 1.807) is 41.4 Å². The molecule has 0 fully saturated rings. The largest absolute Gasteiger partial charge is 0.318 e. The number of anilines is 2. The smallest absolute Gasteiger partial charge is 0.292 e. The summed E-state index contributed by atoms with van der Waals surface area (Å²) in [6.07, 6.45) is 0. The zero-order valence-corrected chi connectivity index (χ0v) is 14.7. The summed E-state index contributed by atoms with van der Waals surface area (Å²) in [5.41, 5.74) is 3.74. The minimum Gasteiger partial charge on any atom is -0.318 e. The molecule has 124 valence electrons. The fourth-order valence-electron chi connectivity index (χ4n) is 2.43. The molecule has 0 bridgehead atoms. The van der Waals surface area contributed by atoms with Crippen LogP contribution >= 0.6 is 23.2 Å². The second kappa shape index (κ2) is 6.34. The lowest BCUT2D eigenvalue weighted by Gasteiger charge is -2.30. The number of amides is 1. The van der Waals surface area contributed by atoms with Crippen molar-refractivity contribution in [1.82, 2.24) is 5.43 Å². The van der Waals surface area contributed by atoms with Crippen LogP contribution in [0, 0.1) is 0 Å². The molecule has 5 nitrogen and oxygen atoms in total. The van der Waals surface area contributed by atoms with E-state index in [0.29, 0.717) is 15.7 Å². The van der Waals surface area contributed by atoms with Crippen LogP contribution in [0.15, 0.2) is 53.5 Å². The van der Waals surface area contributed by atoms with Gasteiger partial charge in [0, 0.05) is 5.02 Å². The van der Waals surface area contributed by atoms with Crippen LogP contribution in [0.25, 0.3) is 0 Å². The summed E-state index contributed by atoms with van der Waals surface area (Å²) in [7, 11) is 0. The van der Waals surface area contributed by atoms with E-state index in [1.807, 2.05) is 26.0 Å². The molecular formula is C17H16Cl2N4O. The molecule has 0 radical (unpaired) electrons. The van der Waals surface area contributed by atoms with Crippen molar-refractivity contribution in [3.05, 3.63) is 58.6 Å². The van der Waals surface area contributed by atoms with Crippen LogP contribution in [0.3, 0.4) is 0 Å². The van der Waals surface area contributed by atoms with E-state index in [-0.39, 0.29) is 11.7 Å². The van der Waals surface area contributed by atoms with Crippen LogP contribution < -0.4 is 15.8 Å². The fourth-order valence-corrected chi connectivity index (χ4v) is 2.80. The third-order valence-corrected chi connectivity index (χ3v) is 4.12. The Labute approximate surface area is 150 Å². The molecule has 0 atom stereocenters. The molecule has 1 heterocycles. The molecule has 24 heavy (non-hydrogen) atoms. The Kier molecular flexibility index (Phi) is 4.39. The fraction of sp³-hybridized carbons (Fsp3) is 0.176. The zero-order valence-electron chi connectivity index (χ0n) is 13.2. The number of carbonyl (C=O) groups excluding carboxylic acids is 1. The summed E-state index contributed by atoms with van der Waals surface area (Å²) in [5, 5.41) is 5.63. The number of aliphatic imine (C=N–C) groups is 1. The van der Waals surface area contributed by atoms with Gasteiger partial charge in [0.2, 0.25) is 5.84 Å². The summed E-state index contributed by atoms with van der Waals surface area (Å²) >= 11 is 12.1. The first-order chi connectivity index (χ1) is 11.4. The second-order valence-corrected chi connectivity index (χ2v) is 6.66. The molecule has 2 aromatic rings. The van der Waals surface area contributed by atoms with Gasteiger partial charge in [-0.2, -0.15) is 0 Å². The number of hydrogen-bond donors (Lipinski definition) is 2. The van der Waals surface area contributed by atoms with Crippen molar-refractivity contribution < 1.29 is 4.79 Å². The number of nitrogens with one attached hydrogen (secondary N) is 2. The quantitative estimate of drug-likeness (QED) is 0.864.